The van der Waals surface area contributed by atoms with Crippen LogP contribution < -0.4 is 5.32 Å². The first kappa shape index (κ1) is 22.6. The molecule has 0 bridgehead atoms. The molecule has 0 saturated carbocycles. The Morgan fingerprint density at radius 1 is 1.00 bits per heavy atom. The van der Waals surface area contributed by atoms with E-state index in [2.05, 4.69) is 17.3 Å². The lowest BCUT2D eigenvalue weighted by atomic mass is 10.1. The summed E-state index contributed by atoms with van der Waals surface area (Å²) in [4.78, 5) is 11.9. The summed E-state index contributed by atoms with van der Waals surface area (Å²) in [5, 5.41) is 7.05. The van der Waals surface area contributed by atoms with E-state index in [-0.39, 0.29) is 11.6 Å². The summed E-state index contributed by atoms with van der Waals surface area (Å²) in [6.07, 6.45) is 0.0884. The number of hydrogen-bond acceptors (Lipinski definition) is 2. The molecule has 3 rings (SSSR count). The molecule has 0 atom stereocenters. The molecule has 164 valence electrons. The van der Waals surface area contributed by atoms with E-state index in [0.29, 0.717) is 24.2 Å². The maximum Gasteiger partial charge on any atom is 0.433 e. The lowest BCUT2D eigenvalue weighted by Gasteiger charge is -2.11. The molecule has 0 radical (unpaired) electrons. The molecule has 2 aromatic carbocycles. The van der Waals surface area contributed by atoms with Crippen LogP contribution in [0, 0.1) is 0 Å². The number of hydrogen-bond donors (Lipinski definition) is 1. The molecule has 4 nitrogen and oxygen atoms in total. The Kier molecular flexibility index (Phi) is 7.50. The molecule has 1 heterocycles. The number of nitrogens with zero attached hydrogens (tertiary/aromatic N) is 2. The number of carbonyl (C=O) groups excluding carboxylic acids is 1. The number of carbonyl (C=O) groups is 1. The normalized spacial score (nSPS) is 11.5. The van der Waals surface area contributed by atoms with Crippen LogP contribution in [-0.4, -0.2) is 15.7 Å². The monoisotopic (exact) mass is 429 g/mol. The number of unbranched alkanes of at least 4 members (excludes halogenated alkanes) is 3. The van der Waals surface area contributed by atoms with Gasteiger partial charge in [-0.05, 0) is 30.2 Å². The highest BCUT2D eigenvalue weighted by atomic mass is 19.4. The summed E-state index contributed by atoms with van der Waals surface area (Å²) in [5.41, 5.74) is 1.16. The maximum absolute atomic E-state index is 13.6. The molecule has 1 N–H and O–H groups in total. The molecule has 0 aliphatic heterocycles. The van der Waals surface area contributed by atoms with E-state index in [1.807, 2.05) is 0 Å². The second-order valence-electron chi connectivity index (χ2n) is 7.44. The largest absolute Gasteiger partial charge is 0.433 e. The third-order valence-corrected chi connectivity index (χ3v) is 5.00. The standard InChI is InChI=1S/C24H26F3N3O/c1-2-3-4-8-11-23(31)28-17-18-12-14-20(15-13-18)30-22(24(25,26)27)16-21(29-30)19-9-6-5-7-10-19/h5-7,9-10,12-16H,2-4,8,11,17H2,1H3,(H,28,31). The number of rotatable bonds is 9. The van der Waals surface area contributed by atoms with Gasteiger partial charge in [-0.3, -0.25) is 4.79 Å². The van der Waals surface area contributed by atoms with Gasteiger partial charge in [0.1, 0.15) is 5.69 Å². The van der Waals surface area contributed by atoms with Gasteiger partial charge in [0, 0.05) is 18.5 Å². The van der Waals surface area contributed by atoms with E-state index < -0.39 is 11.9 Å². The summed E-state index contributed by atoms with van der Waals surface area (Å²) in [6.45, 7) is 2.46. The highest BCUT2D eigenvalue weighted by molar-refractivity contribution is 5.75. The average Bonchev–Trinajstić information content (AvgIpc) is 3.22. The minimum atomic E-state index is -4.54. The summed E-state index contributed by atoms with van der Waals surface area (Å²) in [5.74, 6) is -0.0147. The van der Waals surface area contributed by atoms with Crippen LogP contribution in [-0.2, 0) is 17.5 Å². The van der Waals surface area contributed by atoms with Crippen molar-refractivity contribution in [1.82, 2.24) is 15.1 Å². The SMILES string of the molecule is CCCCCCC(=O)NCc1ccc(-n2nc(-c3ccccc3)cc2C(F)(F)F)cc1. The molecule has 1 aromatic heterocycles. The summed E-state index contributed by atoms with van der Waals surface area (Å²) in [7, 11) is 0. The van der Waals surface area contributed by atoms with Crippen molar-refractivity contribution in [2.24, 2.45) is 0 Å². The summed E-state index contributed by atoms with van der Waals surface area (Å²) in [6, 6.07) is 16.4. The molecule has 0 aliphatic carbocycles. The van der Waals surface area contributed by atoms with Gasteiger partial charge in [0.25, 0.3) is 0 Å². The van der Waals surface area contributed by atoms with E-state index in [1.165, 1.54) is 0 Å². The van der Waals surface area contributed by atoms with Crippen LogP contribution in [0.15, 0.2) is 60.7 Å². The maximum atomic E-state index is 13.6. The van der Waals surface area contributed by atoms with E-state index in [9.17, 15) is 18.0 Å². The smallest absolute Gasteiger partial charge is 0.352 e. The Morgan fingerprint density at radius 2 is 1.71 bits per heavy atom. The molecule has 0 fully saturated rings. The second-order valence-corrected chi connectivity index (χ2v) is 7.44. The van der Waals surface area contributed by atoms with Crippen LogP contribution in [0.25, 0.3) is 16.9 Å². The number of halogens is 3. The molecule has 3 aromatic rings. The van der Waals surface area contributed by atoms with Crippen LogP contribution in [0.5, 0.6) is 0 Å². The van der Waals surface area contributed by atoms with Gasteiger partial charge in [0.2, 0.25) is 5.91 Å². The van der Waals surface area contributed by atoms with Crippen LogP contribution in [0.2, 0.25) is 0 Å². The van der Waals surface area contributed by atoms with Crippen molar-refractivity contribution in [3.63, 3.8) is 0 Å². The van der Waals surface area contributed by atoms with E-state index in [0.717, 1.165) is 42.0 Å². The predicted octanol–water partition coefficient (Wildman–Crippen LogP) is 6.14. The van der Waals surface area contributed by atoms with Crippen molar-refractivity contribution < 1.29 is 18.0 Å². The van der Waals surface area contributed by atoms with Crippen LogP contribution in [0.1, 0.15) is 50.3 Å². The minimum absolute atomic E-state index is 0.0147. The fourth-order valence-corrected chi connectivity index (χ4v) is 3.29. The van der Waals surface area contributed by atoms with Crippen LogP contribution in [0.4, 0.5) is 13.2 Å². The lowest BCUT2D eigenvalue weighted by molar-refractivity contribution is -0.142. The lowest BCUT2D eigenvalue weighted by Crippen LogP contribution is -2.22. The molecular weight excluding hydrogens is 403 g/mol. The zero-order chi connectivity index (χ0) is 22.3. The van der Waals surface area contributed by atoms with Crippen molar-refractivity contribution >= 4 is 5.91 Å². The van der Waals surface area contributed by atoms with E-state index in [1.54, 1.807) is 54.6 Å². The Labute approximate surface area is 180 Å². The van der Waals surface area contributed by atoms with Gasteiger partial charge in [-0.2, -0.15) is 18.3 Å². The average molecular weight is 429 g/mol. The zero-order valence-corrected chi connectivity index (χ0v) is 17.5. The van der Waals surface area contributed by atoms with Crippen molar-refractivity contribution in [3.8, 4) is 16.9 Å². The van der Waals surface area contributed by atoms with Crippen LogP contribution in [0.3, 0.4) is 0 Å². The molecule has 0 spiro atoms. The Balaban J connectivity index is 1.72. The van der Waals surface area contributed by atoms with E-state index in [4.69, 9.17) is 0 Å². The highest BCUT2D eigenvalue weighted by Gasteiger charge is 2.36. The van der Waals surface area contributed by atoms with Crippen molar-refractivity contribution in [2.75, 3.05) is 0 Å². The van der Waals surface area contributed by atoms with Gasteiger partial charge in [0.15, 0.2) is 0 Å². The van der Waals surface area contributed by atoms with Crippen molar-refractivity contribution in [3.05, 3.63) is 71.9 Å². The predicted molar refractivity (Wildman–Crippen MR) is 115 cm³/mol. The van der Waals surface area contributed by atoms with Gasteiger partial charge in [-0.15, -0.1) is 0 Å². The Hall–Kier alpha value is -3.09. The zero-order valence-electron chi connectivity index (χ0n) is 17.5. The van der Waals surface area contributed by atoms with Crippen molar-refractivity contribution in [1.29, 1.82) is 0 Å². The number of aromatic nitrogens is 2. The Bertz CT molecular complexity index is 980. The Morgan fingerprint density at radius 3 is 2.35 bits per heavy atom. The summed E-state index contributed by atoms with van der Waals surface area (Å²) < 4.78 is 41.7. The second kappa shape index (κ2) is 10.3. The quantitative estimate of drug-likeness (QED) is 0.415. The third kappa shape index (κ3) is 6.20. The van der Waals surface area contributed by atoms with Crippen LogP contribution >= 0.6 is 0 Å². The number of nitrogens with one attached hydrogen (secondary N) is 1. The number of alkyl halides is 3. The van der Waals surface area contributed by atoms with E-state index >= 15 is 0 Å². The molecular formula is C24H26F3N3O. The van der Waals surface area contributed by atoms with Gasteiger partial charge in [0.05, 0.1) is 11.4 Å². The van der Waals surface area contributed by atoms with Gasteiger partial charge in [-0.1, -0.05) is 68.7 Å². The fourth-order valence-electron chi connectivity index (χ4n) is 3.29. The number of amides is 1. The first-order chi connectivity index (χ1) is 14.9. The topological polar surface area (TPSA) is 46.9 Å². The van der Waals surface area contributed by atoms with Gasteiger partial charge >= 0.3 is 6.18 Å². The van der Waals surface area contributed by atoms with Gasteiger partial charge < -0.3 is 5.32 Å². The summed E-state index contributed by atoms with van der Waals surface area (Å²) >= 11 is 0. The minimum Gasteiger partial charge on any atom is -0.352 e. The molecule has 1 amide bonds. The fraction of sp³-hybridized carbons (Fsp3) is 0.333. The molecule has 31 heavy (non-hydrogen) atoms. The molecule has 7 heteroatoms. The van der Waals surface area contributed by atoms with Crippen molar-refractivity contribution in [2.45, 2.75) is 51.7 Å². The molecule has 0 unspecified atom stereocenters. The number of benzene rings is 2. The first-order valence-electron chi connectivity index (χ1n) is 10.5. The third-order valence-electron chi connectivity index (χ3n) is 5.00. The first-order valence-corrected chi connectivity index (χ1v) is 10.5. The van der Waals surface area contributed by atoms with Gasteiger partial charge in [-0.25, -0.2) is 4.68 Å². The molecule has 0 aliphatic rings. The highest BCUT2D eigenvalue weighted by Crippen LogP contribution is 2.34. The molecule has 0 saturated heterocycles.